The number of unbranched alkanes of at least 4 members (excludes halogenated alkanes) is 20. The van der Waals surface area contributed by atoms with Crippen LogP contribution in [0.25, 0.3) is 0 Å². The molecule has 0 bridgehead atoms. The molecular weight excluding hydrogens is 779 g/mol. The molecule has 0 atom stereocenters. The summed E-state index contributed by atoms with van der Waals surface area (Å²) < 4.78 is 33.5. The van der Waals surface area contributed by atoms with Gasteiger partial charge in [0.25, 0.3) is 0 Å². The quantitative estimate of drug-likeness (QED) is 0.0348. The first-order valence-corrected chi connectivity index (χ1v) is 29.9. The average molecular weight is 867 g/mol. The number of aryl methyl sites for hydroxylation is 1. The van der Waals surface area contributed by atoms with Crippen LogP contribution in [0, 0.1) is 11.8 Å². The van der Waals surface area contributed by atoms with Gasteiger partial charge in [0.1, 0.15) is 10.1 Å². The highest BCUT2D eigenvalue weighted by molar-refractivity contribution is 7.85. The smallest absolute Gasteiger partial charge is 0.124 e. The lowest BCUT2D eigenvalue weighted by Crippen LogP contribution is -2.14. The third-order valence-corrected chi connectivity index (χ3v) is 19.8. The molecule has 3 aromatic rings. The van der Waals surface area contributed by atoms with Gasteiger partial charge in [-0.15, -0.1) is 0 Å². The van der Waals surface area contributed by atoms with Gasteiger partial charge in [0.2, 0.25) is 0 Å². The molecule has 0 aromatic heterocycles. The Morgan fingerprint density at radius 2 is 0.881 bits per heavy atom. The summed E-state index contributed by atoms with van der Waals surface area (Å²) in [6, 6.07) is 29.0. The Morgan fingerprint density at radius 3 is 1.31 bits per heavy atom. The Morgan fingerprint density at radius 1 is 0.508 bits per heavy atom. The first-order valence-electron chi connectivity index (χ1n) is 24.2. The zero-order valence-corrected chi connectivity index (χ0v) is 41.5. The molecule has 0 saturated carbocycles. The minimum Gasteiger partial charge on any atom is -0.744 e. The molecule has 0 N–H and O–H groups in total. The second-order valence-corrected chi connectivity index (χ2v) is 26.7. The van der Waals surface area contributed by atoms with E-state index in [0.29, 0.717) is 12.0 Å². The molecule has 0 saturated heterocycles. The monoisotopic (exact) mass is 867 g/mol. The highest BCUT2D eigenvalue weighted by atomic mass is 32.2. The second kappa shape index (κ2) is 33.0. The van der Waals surface area contributed by atoms with Crippen molar-refractivity contribution in [3.8, 4) is 0 Å². The normalized spacial score (nSPS) is 12.0. The summed E-state index contributed by atoms with van der Waals surface area (Å²) in [4.78, 5) is -0.0501. The maximum atomic E-state index is 11.2. The van der Waals surface area contributed by atoms with Crippen LogP contribution in [0.15, 0.2) is 89.8 Å². The van der Waals surface area contributed by atoms with Crippen molar-refractivity contribution in [1.29, 1.82) is 0 Å². The van der Waals surface area contributed by atoms with Crippen molar-refractivity contribution < 1.29 is 13.0 Å². The zero-order valence-electron chi connectivity index (χ0n) is 38.9. The van der Waals surface area contributed by atoms with Crippen LogP contribution in [0.1, 0.15) is 181 Å². The van der Waals surface area contributed by atoms with Crippen molar-refractivity contribution in [2.45, 2.75) is 187 Å². The van der Waals surface area contributed by atoms with E-state index < -0.39 is 17.4 Å². The van der Waals surface area contributed by atoms with Crippen molar-refractivity contribution in [2.24, 2.45) is 11.8 Å². The first-order chi connectivity index (χ1) is 28.4. The molecule has 334 valence electrons. The van der Waals surface area contributed by atoms with Crippen LogP contribution in [0.5, 0.6) is 0 Å². The van der Waals surface area contributed by atoms with Crippen molar-refractivity contribution in [2.75, 3.05) is 31.3 Å². The minimum absolute atomic E-state index is 0.0501. The lowest BCUT2D eigenvalue weighted by molar-refractivity contribution is 0.461. The molecule has 0 aliphatic heterocycles. The van der Waals surface area contributed by atoms with E-state index in [1.807, 2.05) is 0 Å². The van der Waals surface area contributed by atoms with Crippen LogP contribution in [0.2, 0.25) is 0 Å². The van der Waals surface area contributed by atoms with Crippen molar-refractivity contribution in [3.63, 3.8) is 0 Å². The summed E-state index contributed by atoms with van der Waals surface area (Å²) in [7, 11) is -5.25. The van der Waals surface area contributed by atoms with E-state index in [0.717, 1.165) is 24.7 Å². The number of hydrogen-bond acceptors (Lipinski definition) is 3. The molecule has 0 spiro atoms. The Kier molecular flexibility index (Phi) is 30.0. The van der Waals surface area contributed by atoms with Gasteiger partial charge in [-0.25, -0.2) is 8.42 Å². The third-order valence-electron chi connectivity index (χ3n) is 11.6. The largest absolute Gasteiger partial charge is 0.744 e. The molecule has 3 aromatic carbocycles. The maximum absolute atomic E-state index is 11.2. The molecule has 0 amide bonds. The lowest BCUT2D eigenvalue weighted by Gasteiger charge is -2.27. The molecule has 3 nitrogen and oxygen atoms in total. The van der Waals surface area contributed by atoms with Crippen LogP contribution in [0.4, 0.5) is 0 Å². The topological polar surface area (TPSA) is 57.2 Å². The van der Waals surface area contributed by atoms with Gasteiger partial charge in [-0.1, -0.05) is 229 Å². The molecule has 3 rings (SSSR count). The maximum Gasteiger partial charge on any atom is 0.124 e. The molecule has 0 radical (unpaired) electrons. The van der Waals surface area contributed by atoms with E-state index in [1.54, 1.807) is 24.4 Å². The number of rotatable bonds is 33. The fourth-order valence-corrected chi connectivity index (χ4v) is 17.1. The Labute approximate surface area is 368 Å². The van der Waals surface area contributed by atoms with Gasteiger partial charge in [0, 0.05) is 13.9 Å². The summed E-state index contributed by atoms with van der Waals surface area (Å²) >= 11 is 0. The van der Waals surface area contributed by atoms with Gasteiger partial charge < -0.3 is 4.55 Å². The van der Waals surface area contributed by atoms with E-state index in [1.165, 1.54) is 164 Å². The van der Waals surface area contributed by atoms with E-state index in [4.69, 9.17) is 0 Å². The van der Waals surface area contributed by atoms with E-state index in [2.05, 4.69) is 102 Å². The highest BCUT2D eigenvalue weighted by Crippen LogP contribution is 2.58. The van der Waals surface area contributed by atoms with Gasteiger partial charge in [0.15, 0.2) is 0 Å². The molecule has 59 heavy (non-hydrogen) atoms. The lowest BCUT2D eigenvalue weighted by atomic mass is 10.0. The summed E-state index contributed by atoms with van der Waals surface area (Å²) in [6.45, 7) is 14.6. The van der Waals surface area contributed by atoms with Crippen LogP contribution in [0.3, 0.4) is 0 Å². The standard InChI is InChI=1S/C35H59P2.C18H30O3S/c1-32(2)30-37(5,31-33(3)4)29-23-15-13-11-9-7-6-8-10-12-14-22-28-36(34-24-18-16-19-25-34)35-26-20-17-21-27-35;1-2-3-4-5-6-7-8-9-10-11-14-17-15-12-13-16-18(17)22(19,20)21/h16-21,24-27,32-33H,6-15,22-23,28-31H2,1-5H3;12-13,15-16H,2-11,14H2,1H3,(H,19,20,21)/q+1;/p-1. The average Bonchev–Trinajstić information content (AvgIpc) is 3.20. The molecular formula is C53H88O3P2S. The van der Waals surface area contributed by atoms with E-state index in [9.17, 15) is 13.0 Å². The van der Waals surface area contributed by atoms with Gasteiger partial charge in [-0.05, 0) is 80.3 Å². The fourth-order valence-electron chi connectivity index (χ4n) is 8.93. The van der Waals surface area contributed by atoms with E-state index in [-0.39, 0.29) is 12.8 Å². The van der Waals surface area contributed by atoms with Crippen LogP contribution in [-0.4, -0.2) is 44.3 Å². The van der Waals surface area contributed by atoms with Crippen LogP contribution >= 0.6 is 15.2 Å². The van der Waals surface area contributed by atoms with Gasteiger partial charge in [-0.3, -0.25) is 0 Å². The Balaban J connectivity index is 0.000000464. The van der Waals surface area contributed by atoms with Crippen molar-refractivity contribution in [3.05, 3.63) is 90.5 Å². The Hall–Kier alpha value is -1.57. The first kappa shape index (κ1) is 53.6. The predicted molar refractivity (Wildman–Crippen MR) is 266 cm³/mol. The third kappa shape index (κ3) is 26.5. The Bertz CT molecular complexity index is 1480. The summed E-state index contributed by atoms with van der Waals surface area (Å²) in [5.74, 6) is 1.75. The number of benzene rings is 3. The summed E-state index contributed by atoms with van der Waals surface area (Å²) in [5, 5.41) is 3.07. The number of hydrogen-bond donors (Lipinski definition) is 0. The molecule has 0 aliphatic carbocycles. The second-order valence-electron chi connectivity index (χ2n) is 18.6. The molecule has 6 heteroatoms. The van der Waals surface area contributed by atoms with Gasteiger partial charge in [0.05, 0.1) is 23.4 Å². The van der Waals surface area contributed by atoms with Gasteiger partial charge in [-0.2, -0.15) is 0 Å². The highest BCUT2D eigenvalue weighted by Gasteiger charge is 2.32. The van der Waals surface area contributed by atoms with Gasteiger partial charge >= 0.3 is 0 Å². The summed E-state index contributed by atoms with van der Waals surface area (Å²) in [6.07, 6.45) is 36.4. The molecule has 0 fully saturated rings. The predicted octanol–water partition coefficient (Wildman–Crippen LogP) is 15.8. The zero-order chi connectivity index (χ0) is 43.0. The van der Waals surface area contributed by atoms with Crippen LogP contribution < -0.4 is 10.6 Å². The molecule has 0 aliphatic rings. The van der Waals surface area contributed by atoms with Crippen molar-refractivity contribution >= 4 is 35.9 Å². The van der Waals surface area contributed by atoms with Crippen molar-refractivity contribution in [1.82, 2.24) is 0 Å². The van der Waals surface area contributed by atoms with Crippen LogP contribution in [-0.2, 0) is 16.5 Å². The van der Waals surface area contributed by atoms with E-state index >= 15 is 0 Å². The fraction of sp³-hybridized carbons (Fsp3) is 0.660. The molecule has 0 unspecified atom stereocenters. The minimum atomic E-state index is -4.35. The molecule has 0 heterocycles. The SMILES string of the molecule is CC(C)C[P+](C)(CCCCCCCCCCCCCCP(c1ccccc1)c1ccccc1)CC(C)C.CCCCCCCCCCCCc1ccccc1S(=O)(=O)[O-]. The summed E-state index contributed by atoms with van der Waals surface area (Å²) in [5.41, 5.74) is 0.664.